The van der Waals surface area contributed by atoms with Gasteiger partial charge in [-0.2, -0.15) is 0 Å². The van der Waals surface area contributed by atoms with Crippen molar-refractivity contribution in [1.82, 2.24) is 9.47 Å². The third-order valence-corrected chi connectivity index (χ3v) is 6.80. The first-order valence-electron chi connectivity index (χ1n) is 10.5. The van der Waals surface area contributed by atoms with E-state index in [1.165, 1.54) is 32.1 Å². The number of phenols is 1. The second kappa shape index (κ2) is 8.46. The summed E-state index contributed by atoms with van der Waals surface area (Å²) in [6.45, 7) is 5.09. The Kier molecular flexibility index (Phi) is 5.97. The highest BCUT2D eigenvalue weighted by Gasteiger charge is 2.30. The lowest BCUT2D eigenvalue weighted by Crippen LogP contribution is -2.25. The lowest BCUT2D eigenvalue weighted by atomic mass is 9.95. The van der Waals surface area contributed by atoms with Crippen LogP contribution in [0.4, 0.5) is 0 Å². The molecule has 1 saturated heterocycles. The van der Waals surface area contributed by atoms with E-state index in [9.17, 15) is 9.90 Å². The minimum absolute atomic E-state index is 0.159. The van der Waals surface area contributed by atoms with Gasteiger partial charge < -0.3 is 14.4 Å². The van der Waals surface area contributed by atoms with E-state index in [-0.39, 0.29) is 11.7 Å². The van der Waals surface area contributed by atoms with Gasteiger partial charge in [0.2, 0.25) is 0 Å². The second-order valence-corrected chi connectivity index (χ2v) is 8.86. The molecule has 2 fully saturated rings. The van der Waals surface area contributed by atoms with Crippen molar-refractivity contribution in [3.05, 3.63) is 27.9 Å². The number of rotatable bonds is 5. The summed E-state index contributed by atoms with van der Waals surface area (Å²) in [5.74, 6) is -0.121. The highest BCUT2D eigenvalue weighted by molar-refractivity contribution is 9.10. The first-order valence-corrected chi connectivity index (χ1v) is 11.3. The van der Waals surface area contributed by atoms with E-state index < -0.39 is 0 Å². The predicted octanol–water partition coefficient (Wildman–Crippen LogP) is 5.39. The molecule has 5 nitrogen and oxygen atoms in total. The van der Waals surface area contributed by atoms with Crippen LogP contribution in [0.15, 0.2) is 16.6 Å². The van der Waals surface area contributed by atoms with Crippen LogP contribution in [-0.4, -0.2) is 40.2 Å². The van der Waals surface area contributed by atoms with E-state index in [0.29, 0.717) is 22.7 Å². The van der Waals surface area contributed by atoms with E-state index >= 15 is 0 Å². The van der Waals surface area contributed by atoms with Gasteiger partial charge in [0.15, 0.2) is 0 Å². The van der Waals surface area contributed by atoms with Crippen LogP contribution in [0, 0.1) is 0 Å². The largest absolute Gasteiger partial charge is 0.507 e. The Morgan fingerprint density at radius 3 is 2.57 bits per heavy atom. The van der Waals surface area contributed by atoms with E-state index in [4.69, 9.17) is 4.74 Å². The first kappa shape index (κ1) is 19.8. The van der Waals surface area contributed by atoms with Gasteiger partial charge in [0.05, 0.1) is 22.2 Å². The van der Waals surface area contributed by atoms with Gasteiger partial charge in [-0.3, -0.25) is 4.90 Å². The summed E-state index contributed by atoms with van der Waals surface area (Å²) in [4.78, 5) is 15.4. The van der Waals surface area contributed by atoms with Crippen molar-refractivity contribution in [3.8, 4) is 5.75 Å². The van der Waals surface area contributed by atoms with Crippen molar-refractivity contribution < 1.29 is 14.6 Å². The van der Waals surface area contributed by atoms with Crippen LogP contribution in [0.25, 0.3) is 10.9 Å². The summed E-state index contributed by atoms with van der Waals surface area (Å²) < 4.78 is 8.50. The van der Waals surface area contributed by atoms with E-state index in [1.54, 1.807) is 6.07 Å². The fraction of sp³-hybridized carbons (Fsp3) is 0.591. The summed E-state index contributed by atoms with van der Waals surface area (Å²) in [5.41, 5.74) is 2.71. The van der Waals surface area contributed by atoms with Crippen LogP contribution in [0.5, 0.6) is 5.75 Å². The molecular formula is C22H29BrN2O3. The van der Waals surface area contributed by atoms with Crippen LogP contribution < -0.4 is 0 Å². The maximum Gasteiger partial charge on any atom is 0.340 e. The smallest absolute Gasteiger partial charge is 0.340 e. The molecule has 1 aliphatic heterocycles. The van der Waals surface area contributed by atoms with Gasteiger partial charge in [-0.1, -0.05) is 19.3 Å². The fourth-order valence-electron chi connectivity index (χ4n) is 4.87. The van der Waals surface area contributed by atoms with Gasteiger partial charge in [0.1, 0.15) is 5.75 Å². The number of carbonyl (C=O) groups is 1. The summed E-state index contributed by atoms with van der Waals surface area (Å²) >= 11 is 3.47. The maximum absolute atomic E-state index is 13.0. The molecule has 1 aromatic carbocycles. The minimum Gasteiger partial charge on any atom is -0.507 e. The highest BCUT2D eigenvalue weighted by Crippen LogP contribution is 2.40. The fourth-order valence-corrected chi connectivity index (χ4v) is 5.20. The number of likely N-dealkylation sites (tertiary alicyclic amines) is 1. The number of halogens is 1. The first-order chi connectivity index (χ1) is 13.6. The average Bonchev–Trinajstić information content (AvgIpc) is 3.29. The minimum atomic E-state index is -0.280. The lowest BCUT2D eigenvalue weighted by molar-refractivity contribution is 0.0525. The average molecular weight is 449 g/mol. The SMILES string of the molecule is CCOC(=O)c1c(CN2CCCC2)n(C2CCCCC2)c2cc(Br)c(O)cc12. The van der Waals surface area contributed by atoms with E-state index in [0.717, 1.165) is 49.1 Å². The zero-order valence-electron chi connectivity index (χ0n) is 16.5. The van der Waals surface area contributed by atoms with Crippen LogP contribution in [0.2, 0.25) is 0 Å². The zero-order chi connectivity index (χ0) is 19.7. The molecule has 152 valence electrons. The number of hydrogen-bond donors (Lipinski definition) is 1. The molecule has 2 aliphatic rings. The van der Waals surface area contributed by atoms with Crippen molar-refractivity contribution in [1.29, 1.82) is 0 Å². The number of esters is 1. The molecule has 0 spiro atoms. The van der Waals surface area contributed by atoms with Crippen molar-refractivity contribution in [2.24, 2.45) is 0 Å². The molecule has 28 heavy (non-hydrogen) atoms. The number of ether oxygens (including phenoxy) is 1. The van der Waals surface area contributed by atoms with Gasteiger partial charge in [-0.05, 0) is 73.8 Å². The van der Waals surface area contributed by atoms with Crippen molar-refractivity contribution in [3.63, 3.8) is 0 Å². The number of benzene rings is 1. The quantitative estimate of drug-likeness (QED) is 0.623. The Bertz CT molecular complexity index is 865. The molecule has 2 heterocycles. The van der Waals surface area contributed by atoms with Gasteiger partial charge in [0.25, 0.3) is 0 Å². The number of carbonyl (C=O) groups excluding carboxylic acids is 1. The zero-order valence-corrected chi connectivity index (χ0v) is 18.1. The van der Waals surface area contributed by atoms with Gasteiger partial charge in [0, 0.05) is 23.7 Å². The lowest BCUT2D eigenvalue weighted by Gasteiger charge is -2.28. The normalized spacial score (nSPS) is 18.8. The van der Waals surface area contributed by atoms with Crippen LogP contribution in [0.1, 0.15) is 74.0 Å². The molecular weight excluding hydrogens is 420 g/mol. The molecule has 2 aromatic rings. The standard InChI is InChI=1S/C22H29BrN2O3/c1-2-28-22(27)21-16-12-20(26)17(23)13-18(16)25(15-8-4-3-5-9-15)19(21)14-24-10-6-7-11-24/h12-13,15,26H,2-11,14H2,1H3. The molecule has 1 aliphatic carbocycles. The maximum atomic E-state index is 13.0. The van der Waals surface area contributed by atoms with Crippen LogP contribution in [-0.2, 0) is 11.3 Å². The van der Waals surface area contributed by atoms with Crippen molar-refractivity contribution in [2.45, 2.75) is 64.5 Å². The van der Waals surface area contributed by atoms with Crippen LogP contribution >= 0.6 is 15.9 Å². The molecule has 0 atom stereocenters. The summed E-state index contributed by atoms with van der Waals surface area (Å²) in [6, 6.07) is 4.09. The number of aromatic nitrogens is 1. The summed E-state index contributed by atoms with van der Waals surface area (Å²) in [7, 11) is 0. The topological polar surface area (TPSA) is 54.7 Å². The Morgan fingerprint density at radius 2 is 1.89 bits per heavy atom. The summed E-state index contributed by atoms with van der Waals surface area (Å²) in [5, 5.41) is 11.1. The van der Waals surface area contributed by atoms with Gasteiger partial charge in [-0.15, -0.1) is 0 Å². The molecule has 1 aromatic heterocycles. The third kappa shape index (κ3) is 3.69. The second-order valence-electron chi connectivity index (χ2n) is 8.01. The molecule has 4 rings (SSSR count). The molecule has 0 amide bonds. The monoisotopic (exact) mass is 448 g/mol. The Balaban J connectivity index is 1.93. The molecule has 0 radical (unpaired) electrons. The van der Waals surface area contributed by atoms with Crippen LogP contribution in [0.3, 0.4) is 0 Å². The van der Waals surface area contributed by atoms with Gasteiger partial charge >= 0.3 is 5.97 Å². The molecule has 0 bridgehead atoms. The third-order valence-electron chi connectivity index (χ3n) is 6.16. The predicted molar refractivity (Wildman–Crippen MR) is 114 cm³/mol. The number of hydrogen-bond acceptors (Lipinski definition) is 4. The summed E-state index contributed by atoms with van der Waals surface area (Å²) in [6.07, 6.45) is 8.43. The number of aromatic hydroxyl groups is 1. The highest BCUT2D eigenvalue weighted by atomic mass is 79.9. The molecule has 1 N–H and O–H groups in total. The Hall–Kier alpha value is -1.53. The van der Waals surface area contributed by atoms with Crippen molar-refractivity contribution in [2.75, 3.05) is 19.7 Å². The van der Waals surface area contributed by atoms with Crippen molar-refractivity contribution >= 4 is 32.8 Å². The van der Waals surface area contributed by atoms with E-state index in [1.807, 2.05) is 13.0 Å². The molecule has 6 heteroatoms. The number of nitrogens with zero attached hydrogens (tertiary/aromatic N) is 2. The number of fused-ring (bicyclic) bond motifs is 1. The molecule has 1 saturated carbocycles. The van der Waals surface area contributed by atoms with Gasteiger partial charge in [-0.25, -0.2) is 4.79 Å². The Labute approximate surface area is 174 Å². The Morgan fingerprint density at radius 1 is 1.18 bits per heavy atom. The molecule has 0 unspecified atom stereocenters. The number of phenolic OH excluding ortho intramolecular Hbond substituents is 1. The van der Waals surface area contributed by atoms with E-state index in [2.05, 4.69) is 25.4 Å².